The predicted octanol–water partition coefficient (Wildman–Crippen LogP) is 2.45. The molecule has 5 rings (SSSR count). The van der Waals surface area contributed by atoms with E-state index in [9.17, 15) is 9.59 Å². The van der Waals surface area contributed by atoms with E-state index in [2.05, 4.69) is 15.4 Å². The van der Waals surface area contributed by atoms with Gasteiger partial charge in [0.1, 0.15) is 23.3 Å². The molecule has 1 amide bonds. The molecule has 3 aromatic heterocycles. The lowest BCUT2D eigenvalue weighted by Crippen LogP contribution is -2.35. The van der Waals surface area contributed by atoms with E-state index in [1.165, 1.54) is 17.1 Å². The van der Waals surface area contributed by atoms with E-state index in [-0.39, 0.29) is 24.1 Å². The van der Waals surface area contributed by atoms with Crippen molar-refractivity contribution in [2.75, 3.05) is 0 Å². The maximum atomic E-state index is 12.7. The average Bonchev–Trinajstić information content (AvgIpc) is 3.36. The lowest BCUT2D eigenvalue weighted by atomic mass is 9.98. The number of thiazole rings is 1. The highest BCUT2D eigenvalue weighted by Gasteiger charge is 2.26. The Hall–Kier alpha value is -3.33. The number of hydrogen-bond donors (Lipinski definition) is 1. The van der Waals surface area contributed by atoms with Crippen molar-refractivity contribution in [2.45, 2.75) is 31.8 Å². The summed E-state index contributed by atoms with van der Waals surface area (Å²) in [5.41, 5.74) is 2.39. The van der Waals surface area contributed by atoms with E-state index in [4.69, 9.17) is 4.98 Å². The summed E-state index contributed by atoms with van der Waals surface area (Å²) in [6.45, 7) is -0.0765. The van der Waals surface area contributed by atoms with Crippen LogP contribution in [0.4, 0.5) is 0 Å². The standard InChI is InChI=1S/C21H20N6O2S/c1-26-19-14(10-23-26)21(29)27(12-22-19)11-17(28)24-15-8-5-9-16-18(15)30-20(25-16)13-6-3-2-4-7-13/h2-4,6-7,10,12,15H,5,8-9,11H2,1H3,(H,24,28). The van der Waals surface area contributed by atoms with Crippen LogP contribution in [0.25, 0.3) is 21.6 Å². The number of amides is 1. The Morgan fingerprint density at radius 3 is 2.97 bits per heavy atom. The molecule has 3 heterocycles. The Bertz CT molecular complexity index is 1290. The lowest BCUT2D eigenvalue weighted by Gasteiger charge is -2.22. The molecule has 0 bridgehead atoms. The summed E-state index contributed by atoms with van der Waals surface area (Å²) in [7, 11) is 1.73. The number of benzene rings is 1. The van der Waals surface area contributed by atoms with Crippen molar-refractivity contribution in [1.82, 2.24) is 29.6 Å². The predicted molar refractivity (Wildman–Crippen MR) is 114 cm³/mol. The SMILES string of the molecule is Cn1ncc2c(=O)n(CC(=O)NC3CCCc4nc(-c5ccccc5)sc43)cnc21. The molecule has 9 heteroatoms. The van der Waals surface area contributed by atoms with Crippen LogP contribution in [0, 0.1) is 0 Å². The smallest absolute Gasteiger partial charge is 0.264 e. The van der Waals surface area contributed by atoms with E-state index >= 15 is 0 Å². The second-order valence-corrected chi connectivity index (χ2v) is 8.42. The number of carbonyl (C=O) groups excluding carboxylic acids is 1. The fraction of sp³-hybridized carbons (Fsp3) is 0.286. The van der Waals surface area contributed by atoms with Gasteiger partial charge in [-0.15, -0.1) is 11.3 Å². The van der Waals surface area contributed by atoms with Crippen molar-refractivity contribution in [3.8, 4) is 10.6 Å². The van der Waals surface area contributed by atoms with Gasteiger partial charge in [0.2, 0.25) is 5.91 Å². The molecule has 1 unspecified atom stereocenters. The van der Waals surface area contributed by atoms with Crippen LogP contribution in [-0.4, -0.2) is 30.2 Å². The van der Waals surface area contributed by atoms with Gasteiger partial charge in [-0.05, 0) is 19.3 Å². The summed E-state index contributed by atoms with van der Waals surface area (Å²) in [6, 6.07) is 10.00. The van der Waals surface area contributed by atoms with Crippen LogP contribution >= 0.6 is 11.3 Å². The Labute approximate surface area is 176 Å². The number of aryl methyl sites for hydroxylation is 2. The van der Waals surface area contributed by atoms with E-state index in [1.54, 1.807) is 23.1 Å². The molecule has 1 aromatic carbocycles. The monoisotopic (exact) mass is 420 g/mol. The summed E-state index contributed by atoms with van der Waals surface area (Å²) in [5.74, 6) is -0.213. The molecule has 30 heavy (non-hydrogen) atoms. The van der Waals surface area contributed by atoms with Crippen molar-refractivity contribution in [2.24, 2.45) is 7.05 Å². The van der Waals surface area contributed by atoms with E-state index in [0.717, 1.165) is 40.4 Å². The topological polar surface area (TPSA) is 94.7 Å². The van der Waals surface area contributed by atoms with Gasteiger partial charge in [0, 0.05) is 12.6 Å². The molecule has 1 N–H and O–H groups in total. The quantitative estimate of drug-likeness (QED) is 0.547. The zero-order valence-corrected chi connectivity index (χ0v) is 17.2. The van der Waals surface area contributed by atoms with Crippen LogP contribution in [-0.2, 0) is 24.8 Å². The summed E-state index contributed by atoms with van der Waals surface area (Å²) < 4.78 is 2.87. The highest BCUT2D eigenvalue weighted by molar-refractivity contribution is 7.15. The van der Waals surface area contributed by atoms with Gasteiger partial charge in [-0.1, -0.05) is 30.3 Å². The summed E-state index contributed by atoms with van der Waals surface area (Å²) >= 11 is 1.63. The molecule has 1 aliphatic carbocycles. The zero-order valence-electron chi connectivity index (χ0n) is 16.4. The molecule has 8 nitrogen and oxygen atoms in total. The fourth-order valence-electron chi connectivity index (χ4n) is 3.84. The van der Waals surface area contributed by atoms with Gasteiger partial charge in [-0.25, -0.2) is 9.97 Å². The van der Waals surface area contributed by atoms with Gasteiger partial charge < -0.3 is 5.32 Å². The number of aromatic nitrogens is 5. The van der Waals surface area contributed by atoms with Crippen molar-refractivity contribution in [3.05, 3.63) is 63.8 Å². The molecule has 0 aliphatic heterocycles. The maximum Gasteiger partial charge on any atom is 0.264 e. The first-order valence-corrected chi connectivity index (χ1v) is 10.6. The number of fused-ring (bicyclic) bond motifs is 2. The molecule has 1 atom stereocenters. The molecular weight excluding hydrogens is 400 g/mol. The minimum absolute atomic E-state index is 0.0765. The van der Waals surface area contributed by atoms with Gasteiger partial charge in [-0.3, -0.25) is 18.8 Å². The number of hydrogen-bond acceptors (Lipinski definition) is 6. The van der Waals surface area contributed by atoms with Crippen LogP contribution < -0.4 is 10.9 Å². The molecular formula is C21H20N6O2S. The second kappa shape index (κ2) is 7.49. The third kappa shape index (κ3) is 3.30. The largest absolute Gasteiger partial charge is 0.347 e. The van der Waals surface area contributed by atoms with Gasteiger partial charge in [0.05, 0.1) is 22.8 Å². The summed E-state index contributed by atoms with van der Waals surface area (Å²) in [4.78, 5) is 35.5. The summed E-state index contributed by atoms with van der Waals surface area (Å²) in [6.07, 6.45) is 5.64. The normalized spacial score (nSPS) is 15.8. The van der Waals surface area contributed by atoms with Gasteiger partial charge >= 0.3 is 0 Å². The molecule has 1 aliphatic rings. The van der Waals surface area contributed by atoms with Crippen LogP contribution in [0.1, 0.15) is 29.5 Å². The van der Waals surface area contributed by atoms with Crippen molar-refractivity contribution < 1.29 is 4.79 Å². The van der Waals surface area contributed by atoms with Gasteiger partial charge in [0.15, 0.2) is 5.65 Å². The molecule has 0 saturated carbocycles. The van der Waals surface area contributed by atoms with Crippen LogP contribution in [0.5, 0.6) is 0 Å². The second-order valence-electron chi connectivity index (χ2n) is 7.39. The first-order valence-electron chi connectivity index (χ1n) is 9.81. The third-order valence-electron chi connectivity index (χ3n) is 5.34. The summed E-state index contributed by atoms with van der Waals surface area (Å²) in [5, 5.41) is 8.53. The van der Waals surface area contributed by atoms with E-state index in [1.807, 2.05) is 30.3 Å². The van der Waals surface area contributed by atoms with Crippen molar-refractivity contribution in [1.29, 1.82) is 0 Å². The van der Waals surface area contributed by atoms with Gasteiger partial charge in [-0.2, -0.15) is 5.10 Å². The van der Waals surface area contributed by atoms with Crippen molar-refractivity contribution in [3.63, 3.8) is 0 Å². The molecule has 152 valence electrons. The first kappa shape index (κ1) is 18.7. The molecule has 0 spiro atoms. The van der Waals surface area contributed by atoms with Crippen LogP contribution in [0.3, 0.4) is 0 Å². The molecule has 0 radical (unpaired) electrons. The Kier molecular flexibility index (Phi) is 4.66. The van der Waals surface area contributed by atoms with E-state index < -0.39 is 0 Å². The third-order valence-corrected chi connectivity index (χ3v) is 6.60. The number of carbonyl (C=O) groups is 1. The number of nitrogens with zero attached hydrogens (tertiary/aromatic N) is 5. The van der Waals surface area contributed by atoms with Gasteiger partial charge in [0.25, 0.3) is 5.56 Å². The van der Waals surface area contributed by atoms with E-state index in [0.29, 0.717) is 11.0 Å². The Balaban J connectivity index is 1.36. The first-order chi connectivity index (χ1) is 14.6. The fourth-order valence-corrected chi connectivity index (χ4v) is 5.04. The molecule has 0 saturated heterocycles. The minimum Gasteiger partial charge on any atom is -0.347 e. The Morgan fingerprint density at radius 1 is 1.30 bits per heavy atom. The molecule has 4 aromatic rings. The zero-order chi connectivity index (χ0) is 20.7. The highest BCUT2D eigenvalue weighted by Crippen LogP contribution is 2.37. The maximum absolute atomic E-state index is 12.7. The minimum atomic E-state index is -0.267. The number of nitrogens with one attached hydrogen (secondary N) is 1. The Morgan fingerprint density at radius 2 is 2.13 bits per heavy atom. The average molecular weight is 420 g/mol. The molecule has 0 fully saturated rings. The van der Waals surface area contributed by atoms with Crippen LogP contribution in [0.15, 0.2) is 47.7 Å². The number of rotatable bonds is 4. The van der Waals surface area contributed by atoms with Crippen LogP contribution in [0.2, 0.25) is 0 Å². The highest BCUT2D eigenvalue weighted by atomic mass is 32.1. The van der Waals surface area contributed by atoms with Crippen molar-refractivity contribution >= 4 is 28.3 Å². The lowest BCUT2D eigenvalue weighted by molar-refractivity contribution is -0.122.